The molecule has 0 atom stereocenters. The van der Waals surface area contributed by atoms with Crippen LogP contribution in [0.1, 0.15) is 16.7 Å². The van der Waals surface area contributed by atoms with Crippen LogP contribution in [0, 0.1) is 13.8 Å². The summed E-state index contributed by atoms with van der Waals surface area (Å²) in [5.41, 5.74) is 2.49. The fraction of sp³-hybridized carbons (Fsp3) is 0.333. The van der Waals surface area contributed by atoms with Crippen molar-refractivity contribution in [1.82, 2.24) is 4.72 Å². The van der Waals surface area contributed by atoms with E-state index in [-0.39, 0.29) is 4.90 Å². The largest absolute Gasteiger partial charge is 0.496 e. The van der Waals surface area contributed by atoms with Crippen molar-refractivity contribution >= 4 is 45.0 Å². The van der Waals surface area contributed by atoms with Gasteiger partial charge in [0.1, 0.15) is 5.75 Å². The fourth-order valence-electron chi connectivity index (χ4n) is 2.42. The minimum atomic E-state index is -3.55. The number of nitrogens with one attached hydrogen (secondary N) is 1. The number of hydrogen-bond donors (Lipinski definition) is 1. The van der Waals surface area contributed by atoms with Gasteiger partial charge in [-0.25, -0.2) is 13.1 Å². The second kappa shape index (κ2) is 9.33. The van der Waals surface area contributed by atoms with E-state index in [1.54, 1.807) is 44.0 Å². The Balaban J connectivity index is 1.90. The van der Waals surface area contributed by atoms with Crippen LogP contribution < -0.4 is 9.46 Å². The molecule has 0 heterocycles. The lowest BCUT2D eigenvalue weighted by molar-refractivity contribution is 0.411. The van der Waals surface area contributed by atoms with Crippen LogP contribution in [-0.4, -0.2) is 27.8 Å². The van der Waals surface area contributed by atoms with E-state index in [2.05, 4.69) is 4.72 Å². The van der Waals surface area contributed by atoms with Gasteiger partial charge in [0.25, 0.3) is 0 Å². The van der Waals surface area contributed by atoms with Gasteiger partial charge >= 0.3 is 0 Å². The molecule has 0 aromatic heterocycles. The third-order valence-corrected chi connectivity index (χ3v) is 7.15. The highest BCUT2D eigenvalue weighted by Crippen LogP contribution is 2.26. The van der Waals surface area contributed by atoms with Crippen molar-refractivity contribution in [3.8, 4) is 5.75 Å². The predicted octanol–water partition coefficient (Wildman–Crippen LogP) is 4.83. The smallest absolute Gasteiger partial charge is 0.240 e. The summed E-state index contributed by atoms with van der Waals surface area (Å²) < 4.78 is 32.9. The molecule has 142 valence electrons. The summed E-state index contributed by atoms with van der Waals surface area (Å²) in [4.78, 5) is 0.283. The average Bonchev–Trinajstić information content (AvgIpc) is 2.59. The number of ether oxygens (including phenoxy) is 1. The molecule has 2 rings (SSSR count). The van der Waals surface area contributed by atoms with Gasteiger partial charge in [-0.15, -0.1) is 0 Å². The molecule has 2 aromatic rings. The van der Waals surface area contributed by atoms with E-state index in [0.29, 0.717) is 33.7 Å². The van der Waals surface area contributed by atoms with E-state index in [0.717, 1.165) is 16.9 Å². The molecule has 26 heavy (non-hydrogen) atoms. The Bertz CT molecular complexity index is 886. The quantitative estimate of drug-likeness (QED) is 0.605. The zero-order valence-electron chi connectivity index (χ0n) is 14.8. The third kappa shape index (κ3) is 5.54. The van der Waals surface area contributed by atoms with Crippen LogP contribution in [0.4, 0.5) is 0 Å². The van der Waals surface area contributed by atoms with Gasteiger partial charge in [-0.3, -0.25) is 0 Å². The summed E-state index contributed by atoms with van der Waals surface area (Å²) in [5, 5.41) is 1.05. The van der Waals surface area contributed by atoms with Crippen LogP contribution in [0.2, 0.25) is 10.0 Å². The molecule has 1 N–H and O–H groups in total. The Morgan fingerprint density at radius 2 is 1.81 bits per heavy atom. The highest BCUT2D eigenvalue weighted by molar-refractivity contribution is 7.98. The molecule has 0 saturated carbocycles. The van der Waals surface area contributed by atoms with Crippen LogP contribution in [0.25, 0.3) is 0 Å². The molecular weight excluding hydrogens is 413 g/mol. The summed E-state index contributed by atoms with van der Waals surface area (Å²) in [6.45, 7) is 3.93. The van der Waals surface area contributed by atoms with Gasteiger partial charge in [-0.2, -0.15) is 11.8 Å². The van der Waals surface area contributed by atoms with Crippen LogP contribution in [0.15, 0.2) is 35.2 Å². The summed E-state index contributed by atoms with van der Waals surface area (Å²) in [7, 11) is -1.98. The summed E-state index contributed by atoms with van der Waals surface area (Å²) in [6.07, 6.45) is 0. The zero-order valence-corrected chi connectivity index (χ0v) is 18.0. The number of thioether (sulfide) groups is 1. The summed E-state index contributed by atoms with van der Waals surface area (Å²) in [6, 6.07) is 8.87. The van der Waals surface area contributed by atoms with Gasteiger partial charge in [0, 0.05) is 18.1 Å². The lowest BCUT2D eigenvalue weighted by Gasteiger charge is -2.13. The Morgan fingerprint density at radius 3 is 2.46 bits per heavy atom. The van der Waals surface area contributed by atoms with Crippen LogP contribution in [0.5, 0.6) is 5.75 Å². The number of methoxy groups -OCH3 is 1. The number of aryl methyl sites for hydroxylation is 2. The van der Waals surface area contributed by atoms with E-state index < -0.39 is 10.0 Å². The molecule has 8 heteroatoms. The van der Waals surface area contributed by atoms with Crippen molar-refractivity contribution in [3.63, 3.8) is 0 Å². The zero-order chi connectivity index (χ0) is 19.3. The molecule has 4 nitrogen and oxygen atoms in total. The molecule has 0 saturated heterocycles. The maximum absolute atomic E-state index is 12.5. The van der Waals surface area contributed by atoms with Gasteiger partial charge in [0.2, 0.25) is 10.0 Å². The van der Waals surface area contributed by atoms with Gasteiger partial charge < -0.3 is 4.74 Å². The first kappa shape index (κ1) is 21.4. The van der Waals surface area contributed by atoms with Crippen molar-refractivity contribution in [1.29, 1.82) is 0 Å². The third-order valence-electron chi connectivity index (χ3n) is 3.77. The van der Waals surface area contributed by atoms with Crippen LogP contribution >= 0.6 is 35.0 Å². The molecule has 0 fully saturated rings. The number of sulfonamides is 1. The molecule has 0 unspecified atom stereocenters. The first-order chi connectivity index (χ1) is 12.2. The number of halogens is 2. The van der Waals surface area contributed by atoms with Crippen molar-refractivity contribution in [3.05, 3.63) is 57.1 Å². The Hall–Kier alpha value is -0.920. The standard InChI is InChI=1S/C18H21Cl2NO3S2/c1-12-9-18(13(2)8-17(12)24-3)26(22,23)21-6-7-25-11-14-4-5-15(19)16(20)10-14/h4-5,8-10,21H,6-7,11H2,1-3H3. The van der Waals surface area contributed by atoms with Gasteiger partial charge in [-0.05, 0) is 54.8 Å². The van der Waals surface area contributed by atoms with Crippen molar-refractivity contribution in [2.45, 2.75) is 24.5 Å². The van der Waals surface area contributed by atoms with Crippen molar-refractivity contribution < 1.29 is 13.2 Å². The Morgan fingerprint density at radius 1 is 1.08 bits per heavy atom. The van der Waals surface area contributed by atoms with Gasteiger partial charge in [-0.1, -0.05) is 29.3 Å². The topological polar surface area (TPSA) is 55.4 Å². The molecule has 2 aromatic carbocycles. The predicted molar refractivity (Wildman–Crippen MR) is 110 cm³/mol. The number of rotatable bonds is 8. The minimum Gasteiger partial charge on any atom is -0.496 e. The summed E-state index contributed by atoms with van der Waals surface area (Å²) >= 11 is 13.5. The van der Waals surface area contributed by atoms with E-state index in [1.807, 2.05) is 19.1 Å². The molecule has 0 aliphatic heterocycles. The van der Waals surface area contributed by atoms with Gasteiger partial charge in [0.15, 0.2) is 0 Å². The monoisotopic (exact) mass is 433 g/mol. The first-order valence-corrected chi connectivity index (χ1v) is 11.3. The van der Waals surface area contributed by atoms with Gasteiger partial charge in [0.05, 0.1) is 22.1 Å². The summed E-state index contributed by atoms with van der Waals surface area (Å²) in [5.74, 6) is 2.06. The molecular formula is C18H21Cl2NO3S2. The second-order valence-electron chi connectivity index (χ2n) is 5.79. The molecule has 0 bridgehead atoms. The van der Waals surface area contributed by atoms with Crippen molar-refractivity contribution in [2.75, 3.05) is 19.4 Å². The van der Waals surface area contributed by atoms with E-state index >= 15 is 0 Å². The molecule has 0 amide bonds. The molecule has 0 aliphatic rings. The maximum Gasteiger partial charge on any atom is 0.240 e. The maximum atomic E-state index is 12.5. The Kier molecular flexibility index (Phi) is 7.67. The minimum absolute atomic E-state index is 0.283. The fourth-order valence-corrected chi connectivity index (χ4v) is 5.01. The normalized spacial score (nSPS) is 11.6. The highest BCUT2D eigenvalue weighted by atomic mass is 35.5. The van der Waals surface area contributed by atoms with E-state index in [4.69, 9.17) is 27.9 Å². The van der Waals surface area contributed by atoms with E-state index in [1.165, 1.54) is 0 Å². The second-order valence-corrected chi connectivity index (χ2v) is 9.44. The van der Waals surface area contributed by atoms with Crippen LogP contribution in [0.3, 0.4) is 0 Å². The molecule has 0 radical (unpaired) electrons. The lowest BCUT2D eigenvalue weighted by Crippen LogP contribution is -2.26. The average molecular weight is 434 g/mol. The molecule has 0 spiro atoms. The first-order valence-electron chi connectivity index (χ1n) is 7.91. The van der Waals surface area contributed by atoms with E-state index in [9.17, 15) is 8.42 Å². The van der Waals surface area contributed by atoms with Crippen LogP contribution in [-0.2, 0) is 15.8 Å². The molecule has 0 aliphatic carbocycles. The van der Waals surface area contributed by atoms with Crippen molar-refractivity contribution in [2.24, 2.45) is 0 Å². The number of benzene rings is 2. The SMILES string of the molecule is COc1cc(C)c(S(=O)(=O)NCCSCc2ccc(Cl)c(Cl)c2)cc1C. The highest BCUT2D eigenvalue weighted by Gasteiger charge is 2.18. The number of hydrogen-bond acceptors (Lipinski definition) is 4. The Labute approximate surface area is 169 Å². The lowest BCUT2D eigenvalue weighted by atomic mass is 10.1.